The zero-order chi connectivity index (χ0) is 11.3. The molecule has 0 aliphatic carbocycles. The largest absolute Gasteiger partial charge is 0.496 e. The fourth-order valence-corrected chi connectivity index (χ4v) is 1.50. The van der Waals surface area contributed by atoms with Gasteiger partial charge in [0.05, 0.1) is 21.3 Å². The molecule has 15 heavy (non-hydrogen) atoms. The van der Waals surface area contributed by atoms with Crippen LogP contribution in [0, 0.1) is 0 Å². The molecule has 1 rings (SSSR count). The number of allylic oxidation sites excluding steroid dienone is 1. The summed E-state index contributed by atoms with van der Waals surface area (Å²) in [5.74, 6) is 2.19. The Morgan fingerprint density at radius 1 is 1.07 bits per heavy atom. The summed E-state index contributed by atoms with van der Waals surface area (Å²) in [6.45, 7) is 3.71. The molecule has 0 aliphatic heterocycles. The van der Waals surface area contributed by atoms with Crippen molar-refractivity contribution in [1.29, 1.82) is 0 Å². The molecule has 0 heterocycles. The van der Waals surface area contributed by atoms with Crippen molar-refractivity contribution in [2.45, 2.75) is 6.42 Å². The fraction of sp³-hybridized carbons (Fsp3) is 0.333. The highest BCUT2D eigenvalue weighted by Crippen LogP contribution is 2.37. The molecule has 0 spiro atoms. The van der Waals surface area contributed by atoms with Crippen molar-refractivity contribution in [1.82, 2.24) is 0 Å². The first-order valence-electron chi connectivity index (χ1n) is 4.67. The Bertz CT molecular complexity index is 345. The molecule has 0 fully saturated rings. The third-order valence-corrected chi connectivity index (χ3v) is 2.17. The topological polar surface area (TPSA) is 27.7 Å². The summed E-state index contributed by atoms with van der Waals surface area (Å²) in [5.41, 5.74) is 0.953. The normalized spacial score (nSPS) is 9.53. The Kier molecular flexibility index (Phi) is 4.03. The highest BCUT2D eigenvalue weighted by atomic mass is 16.5. The van der Waals surface area contributed by atoms with Gasteiger partial charge in [0.2, 0.25) is 0 Å². The second-order valence-electron chi connectivity index (χ2n) is 2.97. The van der Waals surface area contributed by atoms with Gasteiger partial charge in [-0.3, -0.25) is 0 Å². The van der Waals surface area contributed by atoms with E-state index < -0.39 is 0 Å². The smallest absolute Gasteiger partial charge is 0.167 e. The molecule has 1 aromatic carbocycles. The van der Waals surface area contributed by atoms with Gasteiger partial charge in [-0.25, -0.2) is 0 Å². The summed E-state index contributed by atoms with van der Waals surface area (Å²) >= 11 is 0. The minimum Gasteiger partial charge on any atom is -0.496 e. The molecular weight excluding hydrogens is 192 g/mol. The monoisotopic (exact) mass is 208 g/mol. The number of hydrogen-bond acceptors (Lipinski definition) is 3. The molecule has 3 heteroatoms. The van der Waals surface area contributed by atoms with Crippen LogP contribution < -0.4 is 14.2 Å². The molecule has 1 aromatic rings. The lowest BCUT2D eigenvalue weighted by molar-refractivity contribution is 0.344. The number of hydrogen-bond donors (Lipinski definition) is 0. The number of benzene rings is 1. The summed E-state index contributed by atoms with van der Waals surface area (Å²) in [5, 5.41) is 0. The van der Waals surface area contributed by atoms with Crippen LogP contribution in [-0.2, 0) is 6.42 Å². The molecule has 0 bridgehead atoms. The lowest BCUT2D eigenvalue weighted by atomic mass is 10.1. The summed E-state index contributed by atoms with van der Waals surface area (Å²) in [6, 6.07) is 3.68. The molecule has 0 aromatic heterocycles. The van der Waals surface area contributed by atoms with Gasteiger partial charge in [0.1, 0.15) is 5.75 Å². The van der Waals surface area contributed by atoms with E-state index in [-0.39, 0.29) is 0 Å². The number of ether oxygens (including phenoxy) is 3. The quantitative estimate of drug-likeness (QED) is 0.695. The van der Waals surface area contributed by atoms with Crippen molar-refractivity contribution in [3.05, 3.63) is 30.4 Å². The van der Waals surface area contributed by atoms with Crippen molar-refractivity contribution >= 4 is 0 Å². The predicted octanol–water partition coefficient (Wildman–Crippen LogP) is 2.44. The minimum atomic E-state index is 0.684. The average Bonchev–Trinajstić information content (AvgIpc) is 2.28. The van der Waals surface area contributed by atoms with Gasteiger partial charge in [0.15, 0.2) is 11.5 Å². The summed E-state index contributed by atoms with van der Waals surface area (Å²) in [6.07, 6.45) is 2.49. The zero-order valence-electron chi connectivity index (χ0n) is 9.37. The van der Waals surface area contributed by atoms with Crippen molar-refractivity contribution < 1.29 is 14.2 Å². The van der Waals surface area contributed by atoms with E-state index in [1.165, 1.54) is 0 Å². The van der Waals surface area contributed by atoms with Crippen LogP contribution in [0.15, 0.2) is 24.8 Å². The van der Waals surface area contributed by atoms with Gasteiger partial charge in [-0.1, -0.05) is 6.08 Å². The lowest BCUT2D eigenvalue weighted by Gasteiger charge is -2.14. The van der Waals surface area contributed by atoms with Crippen molar-refractivity contribution in [2.24, 2.45) is 0 Å². The molecule has 0 saturated carbocycles. The van der Waals surface area contributed by atoms with Crippen LogP contribution in [0.1, 0.15) is 5.56 Å². The first kappa shape index (κ1) is 11.4. The SMILES string of the molecule is C=CCc1c(OC)ccc(OC)c1OC. The molecule has 0 unspecified atom stereocenters. The van der Waals surface area contributed by atoms with Gasteiger partial charge >= 0.3 is 0 Å². The van der Waals surface area contributed by atoms with Gasteiger partial charge in [0.25, 0.3) is 0 Å². The van der Waals surface area contributed by atoms with E-state index in [1.54, 1.807) is 27.4 Å². The van der Waals surface area contributed by atoms with Crippen LogP contribution in [0.3, 0.4) is 0 Å². The Labute approximate surface area is 90.3 Å². The van der Waals surface area contributed by atoms with Gasteiger partial charge < -0.3 is 14.2 Å². The van der Waals surface area contributed by atoms with Gasteiger partial charge in [-0.2, -0.15) is 0 Å². The summed E-state index contributed by atoms with van der Waals surface area (Å²) < 4.78 is 15.8. The maximum absolute atomic E-state index is 5.31. The van der Waals surface area contributed by atoms with Crippen LogP contribution >= 0.6 is 0 Å². The maximum Gasteiger partial charge on any atom is 0.167 e. The molecule has 0 atom stereocenters. The van der Waals surface area contributed by atoms with E-state index in [0.717, 1.165) is 11.3 Å². The highest BCUT2D eigenvalue weighted by molar-refractivity contribution is 5.54. The van der Waals surface area contributed by atoms with Gasteiger partial charge in [-0.05, 0) is 18.6 Å². The predicted molar refractivity (Wildman–Crippen MR) is 60.0 cm³/mol. The van der Waals surface area contributed by atoms with Crippen molar-refractivity contribution in [2.75, 3.05) is 21.3 Å². The van der Waals surface area contributed by atoms with Crippen molar-refractivity contribution in [3.63, 3.8) is 0 Å². The molecule has 3 nitrogen and oxygen atoms in total. The third kappa shape index (κ3) is 2.24. The molecule has 0 amide bonds. The van der Waals surface area contributed by atoms with Crippen LogP contribution in [0.2, 0.25) is 0 Å². The number of rotatable bonds is 5. The Morgan fingerprint density at radius 3 is 2.13 bits per heavy atom. The molecule has 0 saturated heterocycles. The molecule has 82 valence electrons. The third-order valence-electron chi connectivity index (χ3n) is 2.17. The first-order chi connectivity index (χ1) is 7.28. The van der Waals surface area contributed by atoms with E-state index >= 15 is 0 Å². The first-order valence-corrected chi connectivity index (χ1v) is 4.67. The molecule has 0 N–H and O–H groups in total. The van der Waals surface area contributed by atoms with Gasteiger partial charge in [-0.15, -0.1) is 6.58 Å². The van der Waals surface area contributed by atoms with E-state index in [1.807, 2.05) is 12.1 Å². The van der Waals surface area contributed by atoms with Crippen LogP contribution in [0.5, 0.6) is 17.2 Å². The fourth-order valence-electron chi connectivity index (χ4n) is 1.50. The standard InChI is InChI=1S/C12H16O3/c1-5-6-9-10(13-2)7-8-11(14-3)12(9)15-4/h5,7-8H,1,6H2,2-4H3. The van der Waals surface area contributed by atoms with Crippen LogP contribution in [-0.4, -0.2) is 21.3 Å². The second kappa shape index (κ2) is 5.29. The highest BCUT2D eigenvalue weighted by Gasteiger charge is 2.13. The zero-order valence-corrected chi connectivity index (χ0v) is 9.37. The number of methoxy groups -OCH3 is 3. The second-order valence-corrected chi connectivity index (χ2v) is 2.97. The summed E-state index contributed by atoms with van der Waals surface area (Å²) in [7, 11) is 4.86. The van der Waals surface area contributed by atoms with E-state index in [9.17, 15) is 0 Å². The Balaban J connectivity index is 3.29. The lowest BCUT2D eigenvalue weighted by Crippen LogP contribution is -1.98. The maximum atomic E-state index is 5.31. The molecule has 0 aliphatic rings. The van der Waals surface area contributed by atoms with Gasteiger partial charge in [0, 0.05) is 5.56 Å². The Morgan fingerprint density at radius 2 is 1.67 bits per heavy atom. The van der Waals surface area contributed by atoms with Crippen molar-refractivity contribution in [3.8, 4) is 17.2 Å². The molecular formula is C12H16O3. The molecule has 0 radical (unpaired) electrons. The summed E-state index contributed by atoms with van der Waals surface area (Å²) in [4.78, 5) is 0. The van der Waals surface area contributed by atoms with Crippen LogP contribution in [0.25, 0.3) is 0 Å². The van der Waals surface area contributed by atoms with E-state index in [2.05, 4.69) is 6.58 Å². The van der Waals surface area contributed by atoms with Crippen LogP contribution in [0.4, 0.5) is 0 Å². The van der Waals surface area contributed by atoms with E-state index in [0.29, 0.717) is 17.9 Å². The Hall–Kier alpha value is -1.64. The minimum absolute atomic E-state index is 0.684. The average molecular weight is 208 g/mol. The van der Waals surface area contributed by atoms with E-state index in [4.69, 9.17) is 14.2 Å².